The molecule has 0 aliphatic carbocycles. The Morgan fingerprint density at radius 1 is 0.927 bits per heavy atom. The van der Waals surface area contributed by atoms with Crippen molar-refractivity contribution < 1.29 is 23.1 Å². The Bertz CT molecular complexity index is 1780. The Morgan fingerprint density at radius 3 is 2.63 bits per heavy atom. The molecule has 0 fully saturated rings. The molecule has 2 aromatic heterocycles. The highest BCUT2D eigenvalue weighted by Gasteiger charge is 2.49. The fraction of sp³-hybridized carbons (Fsp3) is 0.212. The number of carbonyl (C=O) groups excluding carboxylic acids is 1. The molecule has 2 aliphatic rings. The van der Waals surface area contributed by atoms with Crippen molar-refractivity contribution in [3.05, 3.63) is 118 Å². The maximum Gasteiger partial charge on any atom is 0.346 e. The summed E-state index contributed by atoms with van der Waals surface area (Å²) in [6.45, 7) is 0.478. The van der Waals surface area contributed by atoms with Crippen molar-refractivity contribution in [2.24, 2.45) is 0 Å². The number of amides is 2. The Hall–Kier alpha value is -4.82. The van der Waals surface area contributed by atoms with E-state index in [1.165, 1.54) is 6.26 Å². The van der Waals surface area contributed by atoms with Gasteiger partial charge in [-0.25, -0.2) is 9.59 Å². The van der Waals surface area contributed by atoms with Gasteiger partial charge in [-0.3, -0.25) is 5.32 Å². The zero-order valence-electron chi connectivity index (χ0n) is 22.2. The molecular weight excluding hydrogens is 520 g/mol. The lowest BCUT2D eigenvalue weighted by atomic mass is 9.83. The zero-order chi connectivity index (χ0) is 27.8. The van der Waals surface area contributed by atoms with Crippen LogP contribution in [0.4, 0.5) is 10.7 Å². The number of nitrogens with one attached hydrogen (secondary N) is 2. The number of urea groups is 1. The largest absolute Gasteiger partial charge is 0.461 e. The fourth-order valence-electron chi connectivity index (χ4n) is 5.85. The molecule has 2 aliphatic heterocycles. The van der Waals surface area contributed by atoms with Crippen molar-refractivity contribution in [2.75, 3.05) is 11.9 Å². The highest BCUT2D eigenvalue weighted by Crippen LogP contribution is 2.51. The van der Waals surface area contributed by atoms with Gasteiger partial charge in [0.05, 0.1) is 6.26 Å². The Balaban J connectivity index is 1.18. The predicted molar refractivity (Wildman–Crippen MR) is 154 cm³/mol. The predicted octanol–water partition coefficient (Wildman–Crippen LogP) is 6.80. The topological polar surface area (TPSA) is 103 Å². The van der Waals surface area contributed by atoms with Crippen molar-refractivity contribution in [3.63, 3.8) is 0 Å². The second kappa shape index (κ2) is 10.3. The summed E-state index contributed by atoms with van der Waals surface area (Å²) in [5, 5.41) is 7.64. The van der Waals surface area contributed by atoms with Gasteiger partial charge in [0.25, 0.3) is 0 Å². The van der Waals surface area contributed by atoms with Gasteiger partial charge in [0.2, 0.25) is 11.7 Å². The van der Waals surface area contributed by atoms with E-state index in [0.29, 0.717) is 48.8 Å². The van der Waals surface area contributed by atoms with Gasteiger partial charge in [0.15, 0.2) is 0 Å². The van der Waals surface area contributed by atoms with E-state index in [4.69, 9.17) is 18.3 Å². The van der Waals surface area contributed by atoms with E-state index in [2.05, 4.69) is 34.9 Å². The number of carbonyl (C=O) groups is 1. The monoisotopic (exact) mass is 548 g/mol. The zero-order valence-corrected chi connectivity index (χ0v) is 22.2. The second-order valence-electron chi connectivity index (χ2n) is 10.4. The van der Waals surface area contributed by atoms with Crippen LogP contribution in [0.5, 0.6) is 5.75 Å². The molecule has 3 aromatic carbocycles. The van der Waals surface area contributed by atoms with Gasteiger partial charge in [-0.05, 0) is 40.8 Å². The quantitative estimate of drug-likeness (QED) is 0.217. The van der Waals surface area contributed by atoms with Gasteiger partial charge in [-0.1, -0.05) is 66.7 Å². The Kier molecular flexibility index (Phi) is 6.32. The molecule has 0 radical (unpaired) electrons. The molecular formula is C33H28N2O6. The standard InChI is InChI=1S/C33H28N2O6/c36-31-29-26(19-25(39-31)22-10-2-1-3-11-22)40-33(16-6-7-17-34-32(37)35-27-13-8-18-38-27)20-23-15-14-21-9-4-5-12-24(21)28(23)30(29)41-33/h1-5,8-15,18-19,30H,6-7,16-17,20H2,(H2,34,35,37)/t30-,33+/m0/s1. The lowest BCUT2D eigenvalue weighted by molar-refractivity contribution is -0.232. The molecule has 7 rings (SSSR count). The summed E-state index contributed by atoms with van der Waals surface area (Å²) in [6, 6.07) is 26.8. The summed E-state index contributed by atoms with van der Waals surface area (Å²) < 4.78 is 24.3. The first-order valence-corrected chi connectivity index (χ1v) is 13.8. The van der Waals surface area contributed by atoms with E-state index in [1.807, 2.05) is 48.5 Å². The minimum absolute atomic E-state index is 0.323. The van der Waals surface area contributed by atoms with E-state index in [-0.39, 0.29) is 6.03 Å². The van der Waals surface area contributed by atoms with Crippen molar-refractivity contribution in [2.45, 2.75) is 37.6 Å². The van der Waals surface area contributed by atoms with Crippen molar-refractivity contribution >= 4 is 22.7 Å². The van der Waals surface area contributed by atoms with Crippen molar-refractivity contribution in [1.29, 1.82) is 0 Å². The van der Waals surface area contributed by atoms with Crippen LogP contribution in [-0.4, -0.2) is 18.4 Å². The van der Waals surface area contributed by atoms with Crippen LogP contribution >= 0.6 is 0 Å². The Labute approximate surface area is 235 Å². The molecule has 206 valence electrons. The van der Waals surface area contributed by atoms with E-state index < -0.39 is 17.5 Å². The SMILES string of the molecule is O=C(NCCCC[C@]12Cc3ccc4ccccc4c3[C@H](O1)c1c(cc(-c3ccccc3)oc1=O)O2)Nc1ccco1. The average molecular weight is 549 g/mol. The van der Waals surface area contributed by atoms with Crippen LogP contribution in [0.25, 0.3) is 22.1 Å². The summed E-state index contributed by atoms with van der Waals surface area (Å²) in [4.78, 5) is 25.6. The molecule has 5 aromatic rings. The number of hydrogen-bond acceptors (Lipinski definition) is 6. The van der Waals surface area contributed by atoms with Crippen LogP contribution in [0.3, 0.4) is 0 Å². The summed E-state index contributed by atoms with van der Waals surface area (Å²) in [6.07, 6.45) is 3.45. The van der Waals surface area contributed by atoms with Crippen LogP contribution in [-0.2, 0) is 11.2 Å². The van der Waals surface area contributed by atoms with Crippen LogP contribution < -0.4 is 21.0 Å². The van der Waals surface area contributed by atoms with Gasteiger partial charge in [0.1, 0.15) is 23.2 Å². The number of benzene rings is 3. The maximum absolute atomic E-state index is 13.5. The molecule has 2 amide bonds. The third kappa shape index (κ3) is 4.76. The number of anilines is 1. The number of unbranched alkanes of at least 4 members (excludes halogenated alkanes) is 1. The number of furan rings is 1. The van der Waals surface area contributed by atoms with Crippen molar-refractivity contribution in [3.8, 4) is 17.1 Å². The average Bonchev–Trinajstić information content (AvgIpc) is 3.49. The lowest BCUT2D eigenvalue weighted by Crippen LogP contribution is -2.50. The molecule has 41 heavy (non-hydrogen) atoms. The molecule has 8 nitrogen and oxygen atoms in total. The normalized spacial score (nSPS) is 18.7. The molecule has 0 saturated carbocycles. The van der Waals surface area contributed by atoms with Crippen LogP contribution in [0, 0.1) is 0 Å². The smallest absolute Gasteiger partial charge is 0.346 e. The van der Waals surface area contributed by atoms with Gasteiger partial charge >= 0.3 is 11.7 Å². The van der Waals surface area contributed by atoms with Gasteiger partial charge in [-0.2, -0.15) is 0 Å². The van der Waals surface area contributed by atoms with E-state index in [9.17, 15) is 9.59 Å². The van der Waals surface area contributed by atoms with E-state index in [0.717, 1.165) is 33.9 Å². The van der Waals surface area contributed by atoms with Crippen LogP contribution in [0.2, 0.25) is 0 Å². The summed E-state index contributed by atoms with van der Waals surface area (Å²) in [7, 11) is 0. The first-order valence-electron chi connectivity index (χ1n) is 13.8. The molecule has 0 spiro atoms. The lowest BCUT2D eigenvalue weighted by Gasteiger charge is -2.46. The summed E-state index contributed by atoms with van der Waals surface area (Å²) >= 11 is 0. The molecule has 2 N–H and O–H groups in total. The summed E-state index contributed by atoms with van der Waals surface area (Å²) in [5.41, 5.74) is 2.79. The molecule has 2 atom stereocenters. The first-order chi connectivity index (χ1) is 20.1. The molecule has 8 heteroatoms. The Morgan fingerprint density at radius 2 is 1.78 bits per heavy atom. The van der Waals surface area contributed by atoms with E-state index >= 15 is 0 Å². The van der Waals surface area contributed by atoms with Gasteiger partial charge in [-0.15, -0.1) is 0 Å². The molecule has 0 unspecified atom stereocenters. The molecule has 2 bridgehead atoms. The third-order valence-corrected chi connectivity index (χ3v) is 7.71. The van der Waals surface area contributed by atoms with Crippen LogP contribution in [0.15, 0.2) is 105 Å². The third-order valence-electron chi connectivity index (χ3n) is 7.71. The molecule has 0 saturated heterocycles. The maximum atomic E-state index is 13.5. The fourth-order valence-corrected chi connectivity index (χ4v) is 5.85. The highest BCUT2D eigenvalue weighted by molar-refractivity contribution is 5.88. The summed E-state index contributed by atoms with van der Waals surface area (Å²) in [5.74, 6) is 0.383. The number of ether oxygens (including phenoxy) is 2. The van der Waals surface area contributed by atoms with E-state index in [1.54, 1.807) is 12.1 Å². The minimum Gasteiger partial charge on any atom is -0.461 e. The second-order valence-corrected chi connectivity index (χ2v) is 10.4. The number of fused-ring (bicyclic) bond motifs is 8. The van der Waals surface area contributed by atoms with Crippen molar-refractivity contribution in [1.82, 2.24) is 5.32 Å². The first kappa shape index (κ1) is 25.2. The molecule has 4 heterocycles. The minimum atomic E-state index is -0.953. The van der Waals surface area contributed by atoms with Gasteiger partial charge < -0.3 is 23.6 Å². The number of rotatable bonds is 7. The highest BCUT2D eigenvalue weighted by atomic mass is 16.7. The van der Waals surface area contributed by atoms with Crippen LogP contribution in [0.1, 0.15) is 42.1 Å². The van der Waals surface area contributed by atoms with Gasteiger partial charge in [0, 0.05) is 37.1 Å². The number of hydrogen-bond donors (Lipinski definition) is 2.